The van der Waals surface area contributed by atoms with Gasteiger partial charge < -0.3 is 14.6 Å². The third kappa shape index (κ3) is 2.63. The second-order valence-corrected chi connectivity index (χ2v) is 7.09. The van der Waals surface area contributed by atoms with E-state index in [4.69, 9.17) is 4.42 Å². The number of likely N-dealkylation sites (tertiary alicyclic amines) is 1. The van der Waals surface area contributed by atoms with Gasteiger partial charge >= 0.3 is 0 Å². The molecule has 0 bridgehead atoms. The van der Waals surface area contributed by atoms with E-state index in [2.05, 4.69) is 10.4 Å². The number of piperidine rings is 1. The van der Waals surface area contributed by atoms with Crippen LogP contribution in [0.2, 0.25) is 0 Å². The first kappa shape index (κ1) is 15.9. The lowest BCUT2D eigenvalue weighted by molar-refractivity contribution is -0.120. The van der Waals surface area contributed by atoms with Crippen molar-refractivity contribution >= 4 is 11.8 Å². The number of aromatic nitrogens is 2. The zero-order valence-corrected chi connectivity index (χ0v) is 14.5. The number of nitrogens with zero attached hydrogens (tertiary/aromatic N) is 3. The Bertz CT molecular complexity index is 814. The average molecular weight is 342 g/mol. The van der Waals surface area contributed by atoms with Crippen molar-refractivity contribution in [2.45, 2.75) is 37.6 Å². The number of aryl methyl sites for hydroxylation is 2. The predicted octanol–water partition coefficient (Wildman–Crippen LogP) is 1.60. The first-order chi connectivity index (χ1) is 12.0. The van der Waals surface area contributed by atoms with Crippen LogP contribution >= 0.6 is 0 Å². The van der Waals surface area contributed by atoms with Gasteiger partial charge in [0.1, 0.15) is 5.76 Å². The highest BCUT2D eigenvalue weighted by Gasteiger charge is 2.49. The van der Waals surface area contributed by atoms with Gasteiger partial charge in [-0.2, -0.15) is 5.10 Å². The topological polar surface area (TPSA) is 80.4 Å². The minimum atomic E-state index is -0.275. The number of rotatable bonds is 2. The third-order valence-corrected chi connectivity index (χ3v) is 5.60. The Hall–Kier alpha value is -2.57. The van der Waals surface area contributed by atoms with Crippen LogP contribution in [0.3, 0.4) is 0 Å². The van der Waals surface area contributed by atoms with Gasteiger partial charge in [-0.1, -0.05) is 0 Å². The van der Waals surface area contributed by atoms with Crippen LogP contribution in [0.15, 0.2) is 29.1 Å². The normalized spacial score (nSPS) is 22.4. The summed E-state index contributed by atoms with van der Waals surface area (Å²) in [7, 11) is 1.88. The van der Waals surface area contributed by atoms with E-state index < -0.39 is 0 Å². The number of hydrogen-bond donors (Lipinski definition) is 1. The Morgan fingerprint density at radius 2 is 2.16 bits per heavy atom. The molecule has 0 aliphatic carbocycles. The molecule has 0 aromatic carbocycles. The van der Waals surface area contributed by atoms with Gasteiger partial charge in [0.25, 0.3) is 5.91 Å². The van der Waals surface area contributed by atoms with Crippen molar-refractivity contribution in [3.63, 3.8) is 0 Å². The molecule has 0 saturated carbocycles. The highest BCUT2D eigenvalue weighted by atomic mass is 16.3. The minimum absolute atomic E-state index is 0.00310. The Morgan fingerprint density at radius 3 is 2.76 bits per heavy atom. The fraction of sp³-hybridized carbons (Fsp3) is 0.500. The fourth-order valence-electron chi connectivity index (χ4n) is 4.21. The second-order valence-electron chi connectivity index (χ2n) is 7.09. The van der Waals surface area contributed by atoms with Crippen LogP contribution < -0.4 is 5.32 Å². The van der Waals surface area contributed by atoms with E-state index in [-0.39, 0.29) is 23.3 Å². The lowest BCUT2D eigenvalue weighted by atomic mass is 9.75. The molecule has 2 aliphatic rings. The SMILES string of the molecule is Cc1occc1C(=O)N1CCC2(CC1)NC(=O)C[C@@H]2c1cnn(C)c1. The highest BCUT2D eigenvalue weighted by Crippen LogP contribution is 2.43. The Morgan fingerprint density at radius 1 is 1.40 bits per heavy atom. The summed E-state index contributed by atoms with van der Waals surface area (Å²) in [4.78, 5) is 26.6. The van der Waals surface area contributed by atoms with Crippen molar-refractivity contribution < 1.29 is 14.0 Å². The average Bonchev–Trinajstić information content (AvgIpc) is 3.27. The van der Waals surface area contributed by atoms with Crippen molar-refractivity contribution in [1.29, 1.82) is 0 Å². The molecule has 7 nitrogen and oxygen atoms in total. The van der Waals surface area contributed by atoms with Crippen molar-refractivity contribution in [2.75, 3.05) is 13.1 Å². The van der Waals surface area contributed by atoms with Gasteiger partial charge in [0.15, 0.2) is 0 Å². The molecule has 1 atom stereocenters. The van der Waals surface area contributed by atoms with Crippen LogP contribution in [-0.2, 0) is 11.8 Å². The summed E-state index contributed by atoms with van der Waals surface area (Å²) in [6.45, 7) is 3.05. The molecule has 4 heterocycles. The van der Waals surface area contributed by atoms with Gasteiger partial charge in [-0.3, -0.25) is 14.3 Å². The molecule has 25 heavy (non-hydrogen) atoms. The molecule has 1 spiro atoms. The quantitative estimate of drug-likeness (QED) is 0.899. The van der Waals surface area contributed by atoms with Crippen molar-refractivity contribution in [3.05, 3.63) is 41.6 Å². The summed E-state index contributed by atoms with van der Waals surface area (Å²) < 4.78 is 7.02. The van der Waals surface area contributed by atoms with Gasteiger partial charge in [-0.15, -0.1) is 0 Å². The Labute approximate surface area is 146 Å². The summed E-state index contributed by atoms with van der Waals surface area (Å²) in [5.41, 5.74) is 1.43. The van der Waals surface area contributed by atoms with Crippen LogP contribution in [0.5, 0.6) is 0 Å². The molecule has 4 rings (SSSR count). The van der Waals surface area contributed by atoms with E-state index in [1.54, 1.807) is 23.9 Å². The molecule has 0 unspecified atom stereocenters. The molecule has 2 aliphatic heterocycles. The molecule has 7 heteroatoms. The molecule has 2 amide bonds. The Kier molecular flexibility index (Phi) is 3.67. The number of amides is 2. The Balaban J connectivity index is 1.52. The van der Waals surface area contributed by atoms with Crippen LogP contribution in [0.4, 0.5) is 0 Å². The summed E-state index contributed by atoms with van der Waals surface area (Å²) >= 11 is 0. The maximum absolute atomic E-state index is 12.7. The van der Waals surface area contributed by atoms with Gasteiger partial charge in [0.2, 0.25) is 5.91 Å². The first-order valence-electron chi connectivity index (χ1n) is 8.61. The molecule has 2 aromatic heterocycles. The zero-order chi connectivity index (χ0) is 17.6. The number of carbonyl (C=O) groups excluding carboxylic acids is 2. The third-order valence-electron chi connectivity index (χ3n) is 5.60. The monoisotopic (exact) mass is 342 g/mol. The largest absolute Gasteiger partial charge is 0.469 e. The van der Waals surface area contributed by atoms with Crippen LogP contribution in [0.1, 0.15) is 46.9 Å². The van der Waals surface area contributed by atoms with Gasteiger partial charge in [0.05, 0.1) is 23.6 Å². The molecule has 1 N–H and O–H groups in total. The van der Waals surface area contributed by atoms with E-state index >= 15 is 0 Å². The first-order valence-corrected chi connectivity index (χ1v) is 8.61. The standard InChI is InChI=1S/C18H22N4O3/c1-12-14(3-8-25-12)17(24)22-6-4-18(5-7-22)15(9-16(23)20-18)13-10-19-21(2)11-13/h3,8,10-11,15H,4-7,9H2,1-2H3,(H,20,23)/t15-/m1/s1. The summed E-state index contributed by atoms with van der Waals surface area (Å²) in [5.74, 6) is 0.844. The zero-order valence-electron chi connectivity index (χ0n) is 14.5. The molecule has 2 aromatic rings. The van der Waals surface area contributed by atoms with E-state index in [1.807, 2.05) is 24.3 Å². The number of carbonyl (C=O) groups is 2. The van der Waals surface area contributed by atoms with Crippen LogP contribution in [0.25, 0.3) is 0 Å². The number of nitrogens with one attached hydrogen (secondary N) is 1. The predicted molar refractivity (Wildman–Crippen MR) is 90.0 cm³/mol. The molecule has 2 fully saturated rings. The van der Waals surface area contributed by atoms with E-state index in [1.165, 1.54) is 0 Å². The van der Waals surface area contributed by atoms with E-state index in [9.17, 15) is 9.59 Å². The molecule has 132 valence electrons. The maximum atomic E-state index is 12.7. The highest BCUT2D eigenvalue weighted by molar-refractivity contribution is 5.95. The van der Waals surface area contributed by atoms with E-state index in [0.29, 0.717) is 30.8 Å². The van der Waals surface area contributed by atoms with Crippen LogP contribution in [0, 0.1) is 6.92 Å². The lowest BCUT2D eigenvalue weighted by Gasteiger charge is -2.42. The van der Waals surface area contributed by atoms with E-state index in [0.717, 1.165) is 18.4 Å². The number of furan rings is 1. The molecular weight excluding hydrogens is 320 g/mol. The maximum Gasteiger partial charge on any atom is 0.257 e. The summed E-state index contributed by atoms with van der Waals surface area (Å²) in [6, 6.07) is 1.72. The van der Waals surface area contributed by atoms with Gasteiger partial charge in [-0.25, -0.2) is 0 Å². The lowest BCUT2D eigenvalue weighted by Crippen LogP contribution is -2.54. The van der Waals surface area contributed by atoms with Crippen molar-refractivity contribution in [1.82, 2.24) is 20.0 Å². The minimum Gasteiger partial charge on any atom is -0.469 e. The van der Waals surface area contributed by atoms with Crippen molar-refractivity contribution in [3.8, 4) is 0 Å². The van der Waals surface area contributed by atoms with Gasteiger partial charge in [0, 0.05) is 38.7 Å². The summed E-state index contributed by atoms with van der Waals surface area (Å²) in [5, 5.41) is 7.45. The molecule has 2 saturated heterocycles. The van der Waals surface area contributed by atoms with Crippen molar-refractivity contribution in [2.24, 2.45) is 7.05 Å². The second kappa shape index (κ2) is 5.75. The molecule has 0 radical (unpaired) electrons. The fourth-order valence-corrected chi connectivity index (χ4v) is 4.21. The van der Waals surface area contributed by atoms with Crippen LogP contribution in [-0.4, -0.2) is 45.1 Å². The molecular formula is C18H22N4O3. The number of hydrogen-bond acceptors (Lipinski definition) is 4. The smallest absolute Gasteiger partial charge is 0.257 e. The van der Waals surface area contributed by atoms with Gasteiger partial charge in [-0.05, 0) is 31.4 Å². The summed E-state index contributed by atoms with van der Waals surface area (Å²) in [6.07, 6.45) is 7.37.